The maximum atomic E-state index is 5.83. The van der Waals surface area contributed by atoms with Crippen LogP contribution in [-0.4, -0.2) is 68.2 Å². The predicted octanol–water partition coefficient (Wildman–Crippen LogP) is 2.15. The average Bonchev–Trinajstić information content (AvgIpc) is 3.23. The van der Waals surface area contributed by atoms with E-state index in [4.69, 9.17) is 14.5 Å². The van der Waals surface area contributed by atoms with E-state index in [-0.39, 0.29) is 5.79 Å². The first kappa shape index (κ1) is 17.7. The lowest BCUT2D eigenvalue weighted by Gasteiger charge is -2.38. The Hall–Kier alpha value is -2.38. The molecule has 28 heavy (non-hydrogen) atoms. The summed E-state index contributed by atoms with van der Waals surface area (Å²) in [4.78, 5) is 16.5. The molecule has 3 fully saturated rings. The van der Waals surface area contributed by atoms with E-state index in [1.165, 1.54) is 5.69 Å². The summed E-state index contributed by atoms with van der Waals surface area (Å²) >= 11 is 0. The lowest BCUT2D eigenvalue weighted by molar-refractivity contribution is -0.169. The standard InChI is InChI=1S/C21H27N5O2/c1-2-4-18(5-3-1)24-12-14-25(15-13-24)19-6-9-22-20(23-19)26-10-7-21(8-11-26)27-16-17-28-21/h1-6,9H,7-8,10-17H2. The Bertz CT molecular complexity index is 778. The van der Waals surface area contributed by atoms with Crippen molar-refractivity contribution in [3.8, 4) is 0 Å². The van der Waals surface area contributed by atoms with Crippen molar-refractivity contribution >= 4 is 17.5 Å². The molecule has 0 radical (unpaired) electrons. The van der Waals surface area contributed by atoms with Crippen LogP contribution in [0.5, 0.6) is 0 Å². The number of anilines is 3. The van der Waals surface area contributed by atoms with Crippen LogP contribution >= 0.6 is 0 Å². The molecule has 3 aliphatic heterocycles. The lowest BCUT2D eigenvalue weighted by atomic mass is 10.0. The van der Waals surface area contributed by atoms with Gasteiger partial charge in [-0.3, -0.25) is 0 Å². The topological polar surface area (TPSA) is 54.0 Å². The highest BCUT2D eigenvalue weighted by atomic mass is 16.7. The molecule has 5 rings (SSSR count). The number of para-hydroxylation sites is 1. The van der Waals surface area contributed by atoms with Gasteiger partial charge in [0.2, 0.25) is 5.95 Å². The minimum Gasteiger partial charge on any atom is -0.368 e. The molecule has 0 bridgehead atoms. The van der Waals surface area contributed by atoms with Crippen molar-refractivity contribution < 1.29 is 9.47 Å². The Labute approximate surface area is 165 Å². The quantitative estimate of drug-likeness (QED) is 0.807. The van der Waals surface area contributed by atoms with Gasteiger partial charge in [-0.2, -0.15) is 4.98 Å². The Morgan fingerprint density at radius 1 is 0.750 bits per heavy atom. The third-order valence-electron chi connectivity index (χ3n) is 5.97. The molecule has 2 aromatic rings. The number of hydrogen-bond donors (Lipinski definition) is 0. The molecule has 0 atom stereocenters. The average molecular weight is 381 g/mol. The van der Waals surface area contributed by atoms with Gasteiger partial charge in [0, 0.05) is 64.0 Å². The van der Waals surface area contributed by atoms with Crippen LogP contribution in [0.25, 0.3) is 0 Å². The minimum atomic E-state index is -0.359. The summed E-state index contributed by atoms with van der Waals surface area (Å²) in [6.45, 7) is 7.10. The van der Waals surface area contributed by atoms with Crippen molar-refractivity contribution in [1.82, 2.24) is 9.97 Å². The van der Waals surface area contributed by atoms with E-state index >= 15 is 0 Å². The molecular weight excluding hydrogens is 354 g/mol. The molecule has 0 saturated carbocycles. The van der Waals surface area contributed by atoms with Crippen LogP contribution < -0.4 is 14.7 Å². The first-order valence-electron chi connectivity index (χ1n) is 10.2. The van der Waals surface area contributed by atoms with Crippen LogP contribution in [0.3, 0.4) is 0 Å². The van der Waals surface area contributed by atoms with Crippen molar-refractivity contribution in [1.29, 1.82) is 0 Å². The molecule has 1 spiro atoms. The number of benzene rings is 1. The van der Waals surface area contributed by atoms with Crippen LogP contribution in [0.1, 0.15) is 12.8 Å². The van der Waals surface area contributed by atoms with Gasteiger partial charge >= 0.3 is 0 Å². The molecule has 3 aliphatic rings. The number of ether oxygens (including phenoxy) is 2. The van der Waals surface area contributed by atoms with Gasteiger partial charge in [0.25, 0.3) is 0 Å². The summed E-state index contributed by atoms with van der Waals surface area (Å²) < 4.78 is 11.7. The van der Waals surface area contributed by atoms with E-state index in [2.05, 4.69) is 50.0 Å². The number of piperidine rings is 1. The Morgan fingerprint density at radius 2 is 1.43 bits per heavy atom. The molecule has 1 aromatic heterocycles. The molecule has 0 N–H and O–H groups in total. The van der Waals surface area contributed by atoms with Crippen LogP contribution in [0.2, 0.25) is 0 Å². The maximum absolute atomic E-state index is 5.83. The molecule has 148 valence electrons. The molecule has 7 nitrogen and oxygen atoms in total. The second-order valence-corrected chi connectivity index (χ2v) is 7.62. The van der Waals surface area contributed by atoms with Crippen molar-refractivity contribution in [2.75, 3.05) is 67.2 Å². The maximum Gasteiger partial charge on any atom is 0.227 e. The van der Waals surface area contributed by atoms with Crippen molar-refractivity contribution in [2.24, 2.45) is 0 Å². The van der Waals surface area contributed by atoms with E-state index in [0.717, 1.165) is 63.9 Å². The number of hydrogen-bond acceptors (Lipinski definition) is 7. The van der Waals surface area contributed by atoms with Gasteiger partial charge in [0.05, 0.1) is 13.2 Å². The van der Waals surface area contributed by atoms with Gasteiger partial charge in [0.15, 0.2) is 5.79 Å². The van der Waals surface area contributed by atoms with Crippen LogP contribution in [-0.2, 0) is 9.47 Å². The second-order valence-electron chi connectivity index (χ2n) is 7.62. The molecule has 7 heteroatoms. The highest BCUT2D eigenvalue weighted by Crippen LogP contribution is 2.32. The Kier molecular flexibility index (Phi) is 4.78. The largest absolute Gasteiger partial charge is 0.368 e. The number of piperazine rings is 1. The van der Waals surface area contributed by atoms with E-state index in [0.29, 0.717) is 13.2 Å². The summed E-state index contributed by atoms with van der Waals surface area (Å²) in [7, 11) is 0. The predicted molar refractivity (Wildman–Crippen MR) is 109 cm³/mol. The van der Waals surface area contributed by atoms with Gasteiger partial charge in [0.1, 0.15) is 5.82 Å². The third kappa shape index (κ3) is 3.52. The highest BCUT2D eigenvalue weighted by molar-refractivity contribution is 5.50. The number of nitrogens with zero attached hydrogens (tertiary/aromatic N) is 5. The molecular formula is C21H27N5O2. The highest BCUT2D eigenvalue weighted by Gasteiger charge is 2.40. The van der Waals surface area contributed by atoms with Gasteiger partial charge < -0.3 is 24.2 Å². The van der Waals surface area contributed by atoms with Crippen molar-refractivity contribution in [3.63, 3.8) is 0 Å². The fraction of sp³-hybridized carbons (Fsp3) is 0.524. The SMILES string of the molecule is c1ccc(N2CCN(c3ccnc(N4CCC5(CC4)OCCO5)n3)CC2)cc1. The molecule has 1 aromatic carbocycles. The van der Waals surface area contributed by atoms with Gasteiger partial charge in [-0.05, 0) is 18.2 Å². The minimum absolute atomic E-state index is 0.359. The van der Waals surface area contributed by atoms with Crippen molar-refractivity contribution in [2.45, 2.75) is 18.6 Å². The first-order chi connectivity index (χ1) is 13.8. The molecule has 3 saturated heterocycles. The number of rotatable bonds is 3. The van der Waals surface area contributed by atoms with E-state index in [1.807, 2.05) is 12.3 Å². The lowest BCUT2D eigenvalue weighted by Crippen LogP contribution is -2.47. The molecule has 0 amide bonds. The zero-order valence-corrected chi connectivity index (χ0v) is 16.2. The fourth-order valence-corrected chi connectivity index (χ4v) is 4.33. The zero-order valence-electron chi connectivity index (χ0n) is 16.2. The molecule has 0 unspecified atom stereocenters. The monoisotopic (exact) mass is 381 g/mol. The van der Waals surface area contributed by atoms with Crippen LogP contribution in [0, 0.1) is 0 Å². The van der Waals surface area contributed by atoms with E-state index < -0.39 is 0 Å². The fourth-order valence-electron chi connectivity index (χ4n) is 4.33. The summed E-state index contributed by atoms with van der Waals surface area (Å²) in [6.07, 6.45) is 3.63. The summed E-state index contributed by atoms with van der Waals surface area (Å²) in [5.41, 5.74) is 1.30. The Morgan fingerprint density at radius 3 is 2.14 bits per heavy atom. The first-order valence-corrected chi connectivity index (χ1v) is 10.2. The van der Waals surface area contributed by atoms with E-state index in [9.17, 15) is 0 Å². The van der Waals surface area contributed by atoms with E-state index in [1.54, 1.807) is 0 Å². The zero-order chi connectivity index (χ0) is 18.8. The summed E-state index contributed by atoms with van der Waals surface area (Å²) in [5.74, 6) is 1.48. The molecule has 4 heterocycles. The normalized spacial score (nSPS) is 22.1. The van der Waals surface area contributed by atoms with Gasteiger partial charge in [-0.15, -0.1) is 0 Å². The van der Waals surface area contributed by atoms with Crippen LogP contribution in [0.15, 0.2) is 42.6 Å². The Balaban J connectivity index is 1.22. The van der Waals surface area contributed by atoms with Gasteiger partial charge in [-0.25, -0.2) is 4.98 Å². The summed E-state index contributed by atoms with van der Waals surface area (Å²) in [5, 5.41) is 0. The van der Waals surface area contributed by atoms with Crippen molar-refractivity contribution in [3.05, 3.63) is 42.6 Å². The number of aromatic nitrogens is 2. The second kappa shape index (κ2) is 7.56. The third-order valence-corrected chi connectivity index (χ3v) is 5.97. The smallest absolute Gasteiger partial charge is 0.227 e. The van der Waals surface area contributed by atoms with Gasteiger partial charge in [-0.1, -0.05) is 18.2 Å². The van der Waals surface area contributed by atoms with Crippen LogP contribution in [0.4, 0.5) is 17.5 Å². The summed E-state index contributed by atoms with van der Waals surface area (Å²) in [6, 6.07) is 12.6. The molecule has 0 aliphatic carbocycles.